The Morgan fingerprint density at radius 1 is 1.46 bits per heavy atom. The molecule has 0 N–H and O–H groups in total. The molecule has 0 atom stereocenters. The van der Waals surface area contributed by atoms with Gasteiger partial charge in [-0.05, 0) is 45.6 Å². The van der Waals surface area contributed by atoms with E-state index in [0.717, 1.165) is 30.1 Å². The molecule has 0 amide bonds. The van der Waals surface area contributed by atoms with Crippen molar-refractivity contribution in [2.24, 2.45) is 0 Å². The zero-order chi connectivity index (χ0) is 9.68. The molecule has 0 aliphatic carbocycles. The number of nitrogens with zero attached hydrogens (tertiary/aromatic N) is 2. The molecule has 1 aromatic heterocycles. The third-order valence-corrected chi connectivity index (χ3v) is 2.05. The van der Waals surface area contributed by atoms with E-state index in [1.165, 1.54) is 0 Å². The molecule has 1 heterocycles. The normalized spacial score (nSPS) is 10.8. The first-order valence-electron chi connectivity index (χ1n) is 4.43. The zero-order valence-electron chi connectivity index (χ0n) is 8.13. The van der Waals surface area contributed by atoms with Crippen LogP contribution in [0.25, 0.3) is 0 Å². The predicted molar refractivity (Wildman–Crippen MR) is 56.1 cm³/mol. The summed E-state index contributed by atoms with van der Waals surface area (Å²) in [4.78, 5) is 6.40. The highest BCUT2D eigenvalue weighted by Crippen LogP contribution is 2.09. The van der Waals surface area contributed by atoms with Gasteiger partial charge in [0.05, 0.1) is 0 Å². The van der Waals surface area contributed by atoms with E-state index in [0.29, 0.717) is 0 Å². The van der Waals surface area contributed by atoms with Crippen molar-refractivity contribution in [2.45, 2.75) is 12.8 Å². The number of aromatic nitrogens is 1. The molecule has 13 heavy (non-hydrogen) atoms. The van der Waals surface area contributed by atoms with Gasteiger partial charge in [-0.25, -0.2) is 0 Å². The number of aryl methyl sites for hydroxylation is 1. The Balaban J connectivity index is 2.37. The summed E-state index contributed by atoms with van der Waals surface area (Å²) in [5, 5.41) is 0.773. The van der Waals surface area contributed by atoms with Crippen molar-refractivity contribution in [2.75, 3.05) is 20.6 Å². The molecule has 1 aromatic rings. The Morgan fingerprint density at radius 2 is 2.23 bits per heavy atom. The van der Waals surface area contributed by atoms with Crippen LogP contribution in [0.3, 0.4) is 0 Å². The van der Waals surface area contributed by atoms with E-state index >= 15 is 0 Å². The van der Waals surface area contributed by atoms with Crippen molar-refractivity contribution in [1.29, 1.82) is 0 Å². The summed E-state index contributed by atoms with van der Waals surface area (Å²) in [6.07, 6.45) is 3.88. The lowest BCUT2D eigenvalue weighted by atomic mass is 10.2. The Labute approximate surface area is 84.5 Å². The van der Waals surface area contributed by atoms with Crippen molar-refractivity contribution >= 4 is 11.6 Å². The van der Waals surface area contributed by atoms with Crippen LogP contribution >= 0.6 is 11.6 Å². The van der Waals surface area contributed by atoms with Crippen molar-refractivity contribution < 1.29 is 0 Å². The fraction of sp³-hybridized carbons (Fsp3) is 0.500. The van der Waals surface area contributed by atoms with Gasteiger partial charge in [0.1, 0.15) is 0 Å². The molecule has 3 heteroatoms. The molecule has 0 aliphatic rings. The van der Waals surface area contributed by atoms with Crippen LogP contribution in [-0.2, 0) is 6.42 Å². The average Bonchev–Trinajstić information content (AvgIpc) is 2.03. The SMILES string of the molecule is CN(C)CCCc1cc(Cl)ccn1. The minimum absolute atomic E-state index is 0.773. The number of rotatable bonds is 4. The van der Waals surface area contributed by atoms with Crippen LogP contribution in [0.5, 0.6) is 0 Å². The Bertz CT molecular complexity index is 261. The molecule has 0 spiro atoms. The van der Waals surface area contributed by atoms with Gasteiger partial charge >= 0.3 is 0 Å². The van der Waals surface area contributed by atoms with Crippen molar-refractivity contribution in [1.82, 2.24) is 9.88 Å². The average molecular weight is 199 g/mol. The second-order valence-electron chi connectivity index (χ2n) is 3.37. The minimum atomic E-state index is 0.773. The van der Waals surface area contributed by atoms with E-state index < -0.39 is 0 Å². The Hall–Kier alpha value is -0.600. The van der Waals surface area contributed by atoms with E-state index in [4.69, 9.17) is 11.6 Å². The molecule has 2 nitrogen and oxygen atoms in total. The number of hydrogen-bond donors (Lipinski definition) is 0. The summed E-state index contributed by atoms with van der Waals surface area (Å²) >= 11 is 5.84. The molecule has 1 rings (SSSR count). The fourth-order valence-corrected chi connectivity index (χ4v) is 1.34. The van der Waals surface area contributed by atoms with Gasteiger partial charge in [0.2, 0.25) is 0 Å². The molecular formula is C10H15ClN2. The molecule has 0 saturated carbocycles. The molecule has 0 fully saturated rings. The van der Waals surface area contributed by atoms with Gasteiger partial charge in [-0.2, -0.15) is 0 Å². The third-order valence-electron chi connectivity index (χ3n) is 1.82. The first-order chi connectivity index (χ1) is 6.18. The Morgan fingerprint density at radius 3 is 2.85 bits per heavy atom. The van der Waals surface area contributed by atoms with Gasteiger partial charge in [0.15, 0.2) is 0 Å². The quantitative estimate of drug-likeness (QED) is 0.738. The first kappa shape index (κ1) is 10.5. The minimum Gasteiger partial charge on any atom is -0.309 e. The molecule has 72 valence electrons. The summed E-state index contributed by atoms with van der Waals surface area (Å²) in [6.45, 7) is 1.09. The molecule has 0 aromatic carbocycles. The largest absolute Gasteiger partial charge is 0.309 e. The maximum Gasteiger partial charge on any atom is 0.0439 e. The zero-order valence-corrected chi connectivity index (χ0v) is 8.88. The molecule has 0 aliphatic heterocycles. The summed E-state index contributed by atoms with van der Waals surface area (Å²) < 4.78 is 0. The highest BCUT2D eigenvalue weighted by molar-refractivity contribution is 6.30. The van der Waals surface area contributed by atoms with Crippen LogP contribution in [-0.4, -0.2) is 30.5 Å². The van der Waals surface area contributed by atoms with Crippen molar-refractivity contribution in [3.63, 3.8) is 0 Å². The molecule has 0 bridgehead atoms. The van der Waals surface area contributed by atoms with E-state index in [1.54, 1.807) is 12.3 Å². The summed E-state index contributed by atoms with van der Waals surface area (Å²) in [6, 6.07) is 3.73. The number of hydrogen-bond acceptors (Lipinski definition) is 2. The van der Waals surface area contributed by atoms with Crippen LogP contribution in [0.15, 0.2) is 18.3 Å². The molecule has 0 radical (unpaired) electrons. The van der Waals surface area contributed by atoms with Crippen molar-refractivity contribution in [3.05, 3.63) is 29.0 Å². The Kier molecular flexibility index (Phi) is 4.19. The lowest BCUT2D eigenvalue weighted by molar-refractivity contribution is 0.399. The molecule has 0 unspecified atom stereocenters. The molecular weight excluding hydrogens is 184 g/mol. The lowest BCUT2D eigenvalue weighted by Crippen LogP contribution is -2.13. The van der Waals surface area contributed by atoms with Crippen LogP contribution in [0.1, 0.15) is 12.1 Å². The number of halogens is 1. The summed E-state index contributed by atoms with van der Waals surface area (Å²) in [5.41, 5.74) is 1.08. The summed E-state index contributed by atoms with van der Waals surface area (Å²) in [7, 11) is 4.15. The topological polar surface area (TPSA) is 16.1 Å². The monoisotopic (exact) mass is 198 g/mol. The predicted octanol–water partition coefficient (Wildman–Crippen LogP) is 2.23. The van der Waals surface area contributed by atoms with Crippen LogP contribution < -0.4 is 0 Å². The van der Waals surface area contributed by atoms with Gasteiger partial charge in [0, 0.05) is 16.9 Å². The fourth-order valence-electron chi connectivity index (χ4n) is 1.16. The van der Waals surface area contributed by atoms with E-state index in [9.17, 15) is 0 Å². The number of pyridine rings is 1. The highest BCUT2D eigenvalue weighted by atomic mass is 35.5. The van der Waals surface area contributed by atoms with Gasteiger partial charge in [-0.15, -0.1) is 0 Å². The third kappa shape index (κ3) is 4.25. The smallest absolute Gasteiger partial charge is 0.0439 e. The van der Waals surface area contributed by atoms with Gasteiger partial charge in [-0.1, -0.05) is 11.6 Å². The van der Waals surface area contributed by atoms with E-state index in [2.05, 4.69) is 24.0 Å². The maximum atomic E-state index is 5.84. The van der Waals surface area contributed by atoms with Gasteiger partial charge < -0.3 is 4.90 Å². The second kappa shape index (κ2) is 5.20. The van der Waals surface area contributed by atoms with Gasteiger partial charge in [-0.3, -0.25) is 4.98 Å². The second-order valence-corrected chi connectivity index (χ2v) is 3.81. The van der Waals surface area contributed by atoms with Gasteiger partial charge in [0.25, 0.3) is 0 Å². The maximum absolute atomic E-state index is 5.84. The van der Waals surface area contributed by atoms with Crippen LogP contribution in [0.4, 0.5) is 0 Å². The standard InChI is InChI=1S/C10H15ClN2/c1-13(2)7-3-4-10-8-9(11)5-6-12-10/h5-6,8H,3-4,7H2,1-2H3. The van der Waals surface area contributed by atoms with E-state index in [1.807, 2.05) is 6.07 Å². The highest BCUT2D eigenvalue weighted by Gasteiger charge is 1.96. The lowest BCUT2D eigenvalue weighted by Gasteiger charge is -2.08. The van der Waals surface area contributed by atoms with Crippen molar-refractivity contribution in [3.8, 4) is 0 Å². The first-order valence-corrected chi connectivity index (χ1v) is 4.81. The van der Waals surface area contributed by atoms with Crippen LogP contribution in [0.2, 0.25) is 5.02 Å². The van der Waals surface area contributed by atoms with Crippen LogP contribution in [0, 0.1) is 0 Å². The molecule has 0 saturated heterocycles. The van der Waals surface area contributed by atoms with E-state index in [-0.39, 0.29) is 0 Å². The summed E-state index contributed by atoms with van der Waals surface area (Å²) in [5.74, 6) is 0.